The summed E-state index contributed by atoms with van der Waals surface area (Å²) in [6.07, 6.45) is 0.755. The van der Waals surface area contributed by atoms with Crippen LogP contribution in [0.15, 0.2) is 41.0 Å². The summed E-state index contributed by atoms with van der Waals surface area (Å²) < 4.78 is 10.3. The van der Waals surface area contributed by atoms with Gasteiger partial charge < -0.3 is 14.3 Å². The topological polar surface area (TPSA) is 72.6 Å². The number of nitrogens with zero attached hydrogens (tertiary/aromatic N) is 1. The van der Waals surface area contributed by atoms with Gasteiger partial charge in [0.05, 0.1) is 0 Å². The molecule has 0 saturated heterocycles. The molecule has 2 rings (SSSR count). The molecule has 0 saturated carbocycles. The van der Waals surface area contributed by atoms with E-state index >= 15 is 0 Å². The van der Waals surface area contributed by atoms with E-state index in [1.807, 2.05) is 37.3 Å². The first-order valence-corrected chi connectivity index (χ1v) is 5.07. The highest BCUT2D eigenvalue weighted by Gasteiger charge is 2.14. The van der Waals surface area contributed by atoms with Crippen molar-refractivity contribution in [3.05, 3.63) is 47.9 Å². The second-order valence-electron chi connectivity index (χ2n) is 3.47. The van der Waals surface area contributed by atoms with Crippen molar-refractivity contribution in [3.8, 4) is 6.08 Å². The zero-order valence-corrected chi connectivity index (χ0v) is 9.16. The van der Waals surface area contributed by atoms with Crippen molar-refractivity contribution in [2.45, 2.75) is 13.0 Å². The first-order valence-electron chi connectivity index (χ1n) is 5.07. The zero-order chi connectivity index (χ0) is 12.3. The van der Waals surface area contributed by atoms with Crippen molar-refractivity contribution >= 4 is 5.97 Å². The highest BCUT2D eigenvalue weighted by Crippen LogP contribution is 2.20. The molecule has 0 aliphatic rings. The van der Waals surface area contributed by atoms with Gasteiger partial charge in [-0.1, -0.05) is 30.3 Å². The van der Waals surface area contributed by atoms with E-state index in [2.05, 4.69) is 4.98 Å². The van der Waals surface area contributed by atoms with Crippen LogP contribution in [0.3, 0.4) is 0 Å². The third-order valence-electron chi connectivity index (χ3n) is 2.25. The minimum Gasteiger partial charge on any atom is -0.476 e. The van der Waals surface area contributed by atoms with Crippen LogP contribution < -0.4 is 4.74 Å². The molecule has 1 heterocycles. The lowest BCUT2D eigenvalue weighted by Crippen LogP contribution is -2.03. The average molecular weight is 233 g/mol. The van der Waals surface area contributed by atoms with Gasteiger partial charge in [-0.05, 0) is 12.5 Å². The number of carboxylic acids is 1. The van der Waals surface area contributed by atoms with Gasteiger partial charge in [0, 0.05) is 0 Å². The van der Waals surface area contributed by atoms with Crippen LogP contribution in [0.25, 0.3) is 0 Å². The fourth-order valence-corrected chi connectivity index (χ4v) is 1.35. The zero-order valence-electron chi connectivity index (χ0n) is 9.16. The van der Waals surface area contributed by atoms with Gasteiger partial charge in [-0.3, -0.25) is 0 Å². The number of carbonyl (C=O) groups is 1. The van der Waals surface area contributed by atoms with Crippen molar-refractivity contribution in [2.75, 3.05) is 0 Å². The molecule has 0 bridgehead atoms. The maximum atomic E-state index is 10.6. The number of hydrogen-bond acceptors (Lipinski definition) is 4. The third-order valence-corrected chi connectivity index (χ3v) is 2.25. The highest BCUT2D eigenvalue weighted by molar-refractivity contribution is 5.84. The molecular weight excluding hydrogens is 222 g/mol. The van der Waals surface area contributed by atoms with Crippen molar-refractivity contribution in [3.63, 3.8) is 0 Å². The van der Waals surface area contributed by atoms with Crippen LogP contribution >= 0.6 is 0 Å². The molecule has 1 unspecified atom stereocenters. The monoisotopic (exact) mass is 233 g/mol. The summed E-state index contributed by atoms with van der Waals surface area (Å²) in [5.41, 5.74) is 0.794. The van der Waals surface area contributed by atoms with Crippen LogP contribution in [0.5, 0.6) is 6.08 Å². The second kappa shape index (κ2) is 4.69. The molecule has 5 nitrogen and oxygen atoms in total. The van der Waals surface area contributed by atoms with Crippen LogP contribution in [0.1, 0.15) is 29.1 Å². The molecule has 0 aliphatic carbocycles. The fourth-order valence-electron chi connectivity index (χ4n) is 1.35. The molecular formula is C12H11NO4. The van der Waals surface area contributed by atoms with E-state index in [9.17, 15) is 4.79 Å². The van der Waals surface area contributed by atoms with E-state index in [0.29, 0.717) is 0 Å². The van der Waals surface area contributed by atoms with Gasteiger partial charge in [0.25, 0.3) is 0 Å². The molecule has 5 heteroatoms. The van der Waals surface area contributed by atoms with Gasteiger partial charge in [-0.15, -0.1) is 0 Å². The number of aromatic nitrogens is 1. The quantitative estimate of drug-likeness (QED) is 0.878. The Hall–Kier alpha value is -2.30. The lowest BCUT2D eigenvalue weighted by molar-refractivity contribution is 0.0689. The maximum absolute atomic E-state index is 10.6. The summed E-state index contributed by atoms with van der Waals surface area (Å²) in [5, 5.41) is 8.67. The van der Waals surface area contributed by atoms with Crippen molar-refractivity contribution in [1.82, 2.24) is 4.98 Å². The molecule has 0 aliphatic heterocycles. The predicted molar refractivity (Wildman–Crippen MR) is 58.9 cm³/mol. The van der Waals surface area contributed by atoms with Gasteiger partial charge in [-0.2, -0.15) is 4.98 Å². The van der Waals surface area contributed by atoms with Gasteiger partial charge in [0.1, 0.15) is 12.4 Å². The Morgan fingerprint density at radius 2 is 2.12 bits per heavy atom. The molecule has 1 aromatic heterocycles. The summed E-state index contributed by atoms with van der Waals surface area (Å²) >= 11 is 0. The Morgan fingerprint density at radius 1 is 1.41 bits per heavy atom. The van der Waals surface area contributed by atoms with E-state index in [0.717, 1.165) is 11.8 Å². The normalized spacial score (nSPS) is 12.1. The Bertz CT molecular complexity index is 506. The molecule has 0 radical (unpaired) electrons. The smallest absolute Gasteiger partial charge is 0.394 e. The molecule has 17 heavy (non-hydrogen) atoms. The van der Waals surface area contributed by atoms with E-state index in [-0.39, 0.29) is 17.9 Å². The van der Waals surface area contributed by atoms with E-state index < -0.39 is 5.97 Å². The predicted octanol–water partition coefficient (Wildman–Crippen LogP) is 2.51. The first-order chi connectivity index (χ1) is 8.16. The lowest BCUT2D eigenvalue weighted by atomic mass is 10.1. The number of hydrogen-bond donors (Lipinski definition) is 1. The van der Waals surface area contributed by atoms with Crippen LogP contribution in [-0.4, -0.2) is 16.1 Å². The fraction of sp³-hybridized carbons (Fsp3) is 0.167. The molecule has 1 atom stereocenters. The SMILES string of the molecule is CC(Oc1nc(C(=O)O)co1)c1ccccc1. The van der Waals surface area contributed by atoms with Crippen LogP contribution in [0, 0.1) is 0 Å². The second-order valence-corrected chi connectivity index (χ2v) is 3.47. The molecule has 88 valence electrons. The number of rotatable bonds is 4. The number of aromatic carboxylic acids is 1. The third kappa shape index (κ3) is 2.63. The summed E-state index contributed by atoms with van der Waals surface area (Å²) in [6.45, 7) is 1.83. The van der Waals surface area contributed by atoms with Crippen molar-refractivity contribution in [1.29, 1.82) is 0 Å². The van der Waals surface area contributed by atoms with Gasteiger partial charge in [0.15, 0.2) is 5.69 Å². The number of benzene rings is 1. The molecule has 0 amide bonds. The first kappa shape index (κ1) is 11.2. The minimum atomic E-state index is -1.14. The summed E-state index contributed by atoms with van der Waals surface area (Å²) in [5.74, 6) is -1.14. The number of ether oxygens (including phenoxy) is 1. The summed E-state index contributed by atoms with van der Waals surface area (Å²) in [4.78, 5) is 14.3. The number of carboxylic acid groups (broad SMARTS) is 1. The van der Waals surface area contributed by atoms with E-state index in [1.54, 1.807) is 0 Å². The Labute approximate surface area is 97.7 Å². The molecule has 0 fully saturated rings. The molecule has 0 spiro atoms. The van der Waals surface area contributed by atoms with Crippen LogP contribution in [0.4, 0.5) is 0 Å². The van der Waals surface area contributed by atoms with Gasteiger partial charge in [-0.25, -0.2) is 4.79 Å². The average Bonchev–Trinajstić information content (AvgIpc) is 2.79. The maximum Gasteiger partial charge on any atom is 0.394 e. The van der Waals surface area contributed by atoms with Crippen molar-refractivity contribution in [2.24, 2.45) is 0 Å². The Kier molecular flexibility index (Phi) is 3.09. The summed E-state index contributed by atoms with van der Waals surface area (Å²) in [6, 6.07) is 9.52. The molecule has 2 aromatic rings. The van der Waals surface area contributed by atoms with Crippen LogP contribution in [-0.2, 0) is 0 Å². The lowest BCUT2D eigenvalue weighted by Gasteiger charge is -2.10. The largest absolute Gasteiger partial charge is 0.476 e. The molecule has 1 aromatic carbocycles. The number of oxazole rings is 1. The Morgan fingerprint density at radius 3 is 2.71 bits per heavy atom. The van der Waals surface area contributed by atoms with Crippen LogP contribution in [0.2, 0.25) is 0 Å². The van der Waals surface area contributed by atoms with E-state index in [4.69, 9.17) is 14.3 Å². The standard InChI is InChI=1S/C12H11NO4/c1-8(9-5-3-2-4-6-9)17-12-13-10(7-16-12)11(14)15/h2-8H,1H3,(H,14,15). The van der Waals surface area contributed by atoms with Gasteiger partial charge >= 0.3 is 12.0 Å². The minimum absolute atomic E-state index is 0.0428. The molecule has 1 N–H and O–H groups in total. The van der Waals surface area contributed by atoms with Gasteiger partial charge in [0.2, 0.25) is 0 Å². The Balaban J connectivity index is 2.08. The highest BCUT2D eigenvalue weighted by atomic mass is 16.6. The summed E-state index contributed by atoms with van der Waals surface area (Å²) in [7, 11) is 0. The van der Waals surface area contributed by atoms with E-state index in [1.165, 1.54) is 0 Å². The van der Waals surface area contributed by atoms with Crippen molar-refractivity contribution < 1.29 is 19.1 Å².